The Labute approximate surface area is 93.3 Å². The maximum absolute atomic E-state index is 11.6. The monoisotopic (exact) mass is 213 g/mol. The summed E-state index contributed by atoms with van der Waals surface area (Å²) in [5, 5.41) is 10.2. The molecule has 0 aliphatic rings. The summed E-state index contributed by atoms with van der Waals surface area (Å²) in [6.45, 7) is 0.496. The highest BCUT2D eigenvalue weighted by atomic mass is 16.1. The van der Waals surface area contributed by atoms with Gasteiger partial charge in [-0.1, -0.05) is 30.3 Å². The van der Waals surface area contributed by atoms with Gasteiger partial charge < -0.3 is 5.32 Å². The van der Waals surface area contributed by atoms with E-state index in [2.05, 4.69) is 15.5 Å². The average Bonchev–Trinajstić information content (AvgIpc) is 2.38. The number of benzene rings is 1. The van der Waals surface area contributed by atoms with Crippen molar-refractivity contribution < 1.29 is 4.79 Å². The molecular formula is C12H11N3O. The highest BCUT2D eigenvalue weighted by Gasteiger charge is 2.05. The normalized spacial score (nSPS) is 9.75. The number of amides is 1. The topological polar surface area (TPSA) is 54.9 Å². The zero-order chi connectivity index (χ0) is 11.2. The lowest BCUT2D eigenvalue weighted by Crippen LogP contribution is -2.23. The minimum Gasteiger partial charge on any atom is -0.347 e. The summed E-state index contributed by atoms with van der Waals surface area (Å²) in [5.41, 5.74) is 1.39. The number of carbonyl (C=O) groups excluding carboxylic acids is 1. The maximum Gasteiger partial charge on any atom is 0.272 e. The molecule has 2 aromatic rings. The Hall–Kier alpha value is -2.23. The third kappa shape index (κ3) is 2.63. The van der Waals surface area contributed by atoms with Gasteiger partial charge in [0, 0.05) is 12.7 Å². The van der Waals surface area contributed by atoms with E-state index in [1.54, 1.807) is 12.1 Å². The summed E-state index contributed by atoms with van der Waals surface area (Å²) in [4.78, 5) is 11.6. The van der Waals surface area contributed by atoms with Crippen LogP contribution in [0, 0.1) is 0 Å². The van der Waals surface area contributed by atoms with Gasteiger partial charge in [0.2, 0.25) is 0 Å². The molecule has 16 heavy (non-hydrogen) atoms. The molecule has 0 spiro atoms. The predicted molar refractivity (Wildman–Crippen MR) is 59.6 cm³/mol. The van der Waals surface area contributed by atoms with Crippen LogP contribution in [-0.2, 0) is 6.54 Å². The molecule has 0 aliphatic heterocycles. The smallest absolute Gasteiger partial charge is 0.272 e. The number of nitrogens with one attached hydrogen (secondary N) is 1. The predicted octanol–water partition coefficient (Wildman–Crippen LogP) is 1.41. The van der Waals surface area contributed by atoms with Crippen molar-refractivity contribution >= 4 is 5.91 Å². The fourth-order valence-electron chi connectivity index (χ4n) is 1.29. The first kappa shape index (κ1) is 10.3. The van der Waals surface area contributed by atoms with Crippen molar-refractivity contribution in [3.8, 4) is 0 Å². The van der Waals surface area contributed by atoms with E-state index in [0.29, 0.717) is 12.2 Å². The molecule has 0 fully saturated rings. The molecule has 0 aliphatic carbocycles. The summed E-state index contributed by atoms with van der Waals surface area (Å²) in [5.74, 6) is -0.211. The molecule has 80 valence electrons. The van der Waals surface area contributed by atoms with Crippen molar-refractivity contribution in [1.82, 2.24) is 15.5 Å². The molecule has 0 radical (unpaired) electrons. The summed E-state index contributed by atoms with van der Waals surface area (Å²) >= 11 is 0. The van der Waals surface area contributed by atoms with E-state index in [0.717, 1.165) is 5.56 Å². The van der Waals surface area contributed by atoms with Crippen LogP contribution in [0.1, 0.15) is 16.1 Å². The van der Waals surface area contributed by atoms with Gasteiger partial charge >= 0.3 is 0 Å². The van der Waals surface area contributed by atoms with Crippen LogP contribution in [0.15, 0.2) is 48.7 Å². The van der Waals surface area contributed by atoms with Crippen LogP contribution in [-0.4, -0.2) is 16.1 Å². The Morgan fingerprint density at radius 1 is 1.12 bits per heavy atom. The van der Waals surface area contributed by atoms with Crippen LogP contribution in [0.4, 0.5) is 0 Å². The van der Waals surface area contributed by atoms with Crippen molar-refractivity contribution in [2.75, 3.05) is 0 Å². The number of rotatable bonds is 3. The van der Waals surface area contributed by atoms with E-state index in [4.69, 9.17) is 0 Å². The Balaban J connectivity index is 1.95. The van der Waals surface area contributed by atoms with Gasteiger partial charge in [-0.2, -0.15) is 5.10 Å². The molecule has 1 heterocycles. The van der Waals surface area contributed by atoms with E-state index in [1.165, 1.54) is 6.20 Å². The molecule has 0 saturated carbocycles. The van der Waals surface area contributed by atoms with Gasteiger partial charge in [0.15, 0.2) is 5.69 Å². The zero-order valence-corrected chi connectivity index (χ0v) is 8.63. The molecule has 4 nitrogen and oxygen atoms in total. The number of aromatic nitrogens is 2. The molecular weight excluding hydrogens is 202 g/mol. The maximum atomic E-state index is 11.6. The van der Waals surface area contributed by atoms with Crippen LogP contribution in [0.2, 0.25) is 0 Å². The van der Waals surface area contributed by atoms with Crippen LogP contribution in [0.25, 0.3) is 0 Å². The molecule has 1 N–H and O–H groups in total. The number of nitrogens with zero attached hydrogens (tertiary/aromatic N) is 2. The molecule has 2 rings (SSSR count). The fourth-order valence-corrected chi connectivity index (χ4v) is 1.29. The fraction of sp³-hybridized carbons (Fsp3) is 0.0833. The highest BCUT2D eigenvalue weighted by Crippen LogP contribution is 1.98. The Morgan fingerprint density at radius 2 is 1.94 bits per heavy atom. The summed E-state index contributed by atoms with van der Waals surface area (Å²) in [6.07, 6.45) is 1.54. The minimum atomic E-state index is -0.211. The van der Waals surface area contributed by atoms with Gasteiger partial charge in [0.25, 0.3) is 5.91 Å². The lowest BCUT2D eigenvalue weighted by atomic mass is 10.2. The van der Waals surface area contributed by atoms with E-state index in [-0.39, 0.29) is 5.91 Å². The zero-order valence-electron chi connectivity index (χ0n) is 8.63. The van der Waals surface area contributed by atoms with Gasteiger partial charge in [-0.3, -0.25) is 4.79 Å². The second kappa shape index (κ2) is 5.02. The average molecular weight is 213 g/mol. The van der Waals surface area contributed by atoms with Gasteiger partial charge in [0.1, 0.15) is 0 Å². The van der Waals surface area contributed by atoms with Crippen molar-refractivity contribution in [3.05, 3.63) is 59.9 Å². The van der Waals surface area contributed by atoms with Crippen LogP contribution in [0.3, 0.4) is 0 Å². The van der Waals surface area contributed by atoms with E-state index in [9.17, 15) is 4.79 Å². The molecule has 0 saturated heterocycles. The van der Waals surface area contributed by atoms with Gasteiger partial charge in [-0.15, -0.1) is 5.10 Å². The van der Waals surface area contributed by atoms with Crippen molar-refractivity contribution in [1.29, 1.82) is 0 Å². The summed E-state index contributed by atoms with van der Waals surface area (Å²) < 4.78 is 0. The molecule has 0 atom stereocenters. The van der Waals surface area contributed by atoms with Crippen LogP contribution < -0.4 is 5.32 Å². The first-order valence-electron chi connectivity index (χ1n) is 4.96. The molecule has 4 heteroatoms. The van der Waals surface area contributed by atoms with Crippen molar-refractivity contribution in [3.63, 3.8) is 0 Å². The van der Waals surface area contributed by atoms with Crippen molar-refractivity contribution in [2.24, 2.45) is 0 Å². The molecule has 1 aromatic heterocycles. The quantitative estimate of drug-likeness (QED) is 0.838. The second-order valence-electron chi connectivity index (χ2n) is 3.28. The summed E-state index contributed by atoms with van der Waals surface area (Å²) in [7, 11) is 0. The van der Waals surface area contributed by atoms with Gasteiger partial charge in [-0.05, 0) is 17.7 Å². The number of hydrogen-bond acceptors (Lipinski definition) is 3. The Kier molecular flexibility index (Phi) is 3.23. The largest absolute Gasteiger partial charge is 0.347 e. The van der Waals surface area contributed by atoms with E-state index in [1.807, 2.05) is 30.3 Å². The van der Waals surface area contributed by atoms with Crippen LogP contribution in [0.5, 0.6) is 0 Å². The lowest BCUT2D eigenvalue weighted by molar-refractivity contribution is 0.0945. The number of carbonyl (C=O) groups is 1. The molecule has 1 aromatic carbocycles. The van der Waals surface area contributed by atoms with Crippen LogP contribution >= 0.6 is 0 Å². The molecule has 0 unspecified atom stereocenters. The lowest BCUT2D eigenvalue weighted by Gasteiger charge is -2.03. The first-order valence-corrected chi connectivity index (χ1v) is 4.96. The minimum absolute atomic E-state index is 0.211. The van der Waals surface area contributed by atoms with Gasteiger partial charge in [0.05, 0.1) is 0 Å². The summed E-state index contributed by atoms with van der Waals surface area (Å²) in [6, 6.07) is 13.0. The first-order chi connectivity index (χ1) is 7.86. The Bertz CT molecular complexity index is 456. The third-order valence-corrected chi connectivity index (χ3v) is 2.10. The van der Waals surface area contributed by atoms with E-state index < -0.39 is 0 Å². The van der Waals surface area contributed by atoms with Crippen molar-refractivity contribution in [2.45, 2.75) is 6.54 Å². The SMILES string of the molecule is O=C(NCc1ccccc1)c1cccnn1. The molecule has 0 bridgehead atoms. The van der Waals surface area contributed by atoms with E-state index >= 15 is 0 Å². The van der Waals surface area contributed by atoms with Gasteiger partial charge in [-0.25, -0.2) is 0 Å². The molecule has 1 amide bonds. The Morgan fingerprint density at radius 3 is 2.62 bits per heavy atom. The highest BCUT2D eigenvalue weighted by molar-refractivity contribution is 5.91. The number of hydrogen-bond donors (Lipinski definition) is 1. The third-order valence-electron chi connectivity index (χ3n) is 2.10. The second-order valence-corrected chi connectivity index (χ2v) is 3.28. The standard InChI is InChI=1S/C12H11N3O/c16-12(11-7-4-8-14-15-11)13-9-10-5-2-1-3-6-10/h1-8H,9H2,(H,13,16).